The van der Waals surface area contributed by atoms with Gasteiger partial charge in [0.05, 0.1) is 11.4 Å². The lowest BCUT2D eigenvalue weighted by Gasteiger charge is -1.88. The molecule has 0 saturated heterocycles. The third-order valence-electron chi connectivity index (χ3n) is 1.56. The molecule has 1 N–H and O–H groups in total. The maximum Gasteiger partial charge on any atom is 0.355 e. The first kappa shape index (κ1) is 9.29. The highest BCUT2D eigenvalue weighted by molar-refractivity contribution is 7.11. The van der Waals surface area contributed by atoms with Crippen LogP contribution in [0, 0.1) is 0 Å². The first-order chi connectivity index (χ1) is 6.75. The van der Waals surface area contributed by atoms with Crippen molar-refractivity contribution >= 4 is 28.6 Å². The molecule has 0 aliphatic rings. The van der Waals surface area contributed by atoms with E-state index in [-0.39, 0.29) is 5.69 Å². The second-order valence-electron chi connectivity index (χ2n) is 2.53. The Bertz CT molecular complexity index is 436. The van der Waals surface area contributed by atoms with Crippen LogP contribution >= 0.6 is 22.7 Å². The summed E-state index contributed by atoms with van der Waals surface area (Å²) >= 11 is 2.89. The highest BCUT2D eigenvalue weighted by Gasteiger charge is 2.09. The minimum atomic E-state index is -0.980. The summed E-state index contributed by atoms with van der Waals surface area (Å²) < 4.78 is 0. The SMILES string of the molecule is O=C(O)c1csc(Cc2nccs2)n1. The predicted octanol–water partition coefficient (Wildman–Crippen LogP) is 1.89. The summed E-state index contributed by atoms with van der Waals surface area (Å²) in [7, 11) is 0. The van der Waals surface area contributed by atoms with E-state index >= 15 is 0 Å². The average molecular weight is 226 g/mol. The summed E-state index contributed by atoms with van der Waals surface area (Å²) in [5.74, 6) is -0.980. The third-order valence-corrected chi connectivity index (χ3v) is 3.19. The Morgan fingerprint density at radius 3 is 2.86 bits per heavy atom. The molecule has 0 saturated carbocycles. The normalized spacial score (nSPS) is 10.3. The molecule has 2 heterocycles. The minimum absolute atomic E-state index is 0.113. The summed E-state index contributed by atoms with van der Waals surface area (Å²) in [6.07, 6.45) is 2.35. The molecule has 2 aromatic heterocycles. The van der Waals surface area contributed by atoms with Crippen LogP contribution in [0.25, 0.3) is 0 Å². The lowest BCUT2D eigenvalue weighted by Crippen LogP contribution is -1.96. The van der Waals surface area contributed by atoms with Crippen LogP contribution in [0.1, 0.15) is 20.5 Å². The van der Waals surface area contributed by atoms with Crippen molar-refractivity contribution < 1.29 is 9.90 Å². The van der Waals surface area contributed by atoms with Crippen LogP contribution in [0.4, 0.5) is 0 Å². The molecule has 6 heteroatoms. The molecule has 0 aliphatic carbocycles. The highest BCUT2D eigenvalue weighted by Crippen LogP contribution is 2.16. The monoisotopic (exact) mass is 226 g/mol. The quantitative estimate of drug-likeness (QED) is 0.868. The number of nitrogens with zero attached hydrogens (tertiary/aromatic N) is 2. The van der Waals surface area contributed by atoms with E-state index in [4.69, 9.17) is 5.11 Å². The zero-order valence-corrected chi connectivity index (χ0v) is 8.64. The van der Waals surface area contributed by atoms with Crippen LogP contribution in [-0.4, -0.2) is 21.0 Å². The zero-order valence-electron chi connectivity index (χ0n) is 7.01. The van der Waals surface area contributed by atoms with Gasteiger partial charge in [-0.25, -0.2) is 14.8 Å². The average Bonchev–Trinajstić information content (AvgIpc) is 2.75. The van der Waals surface area contributed by atoms with E-state index in [0.717, 1.165) is 10.0 Å². The van der Waals surface area contributed by atoms with E-state index in [0.29, 0.717) is 6.42 Å². The smallest absolute Gasteiger partial charge is 0.355 e. The fourth-order valence-electron chi connectivity index (χ4n) is 0.960. The highest BCUT2D eigenvalue weighted by atomic mass is 32.1. The Morgan fingerprint density at radius 2 is 2.29 bits per heavy atom. The molecule has 2 rings (SSSR count). The topological polar surface area (TPSA) is 63.1 Å². The van der Waals surface area contributed by atoms with Gasteiger partial charge in [-0.2, -0.15) is 0 Å². The maximum absolute atomic E-state index is 10.5. The number of hydrogen-bond acceptors (Lipinski definition) is 5. The van der Waals surface area contributed by atoms with Gasteiger partial charge in [-0.15, -0.1) is 22.7 Å². The summed E-state index contributed by atoms with van der Waals surface area (Å²) in [6, 6.07) is 0. The molecular weight excluding hydrogens is 220 g/mol. The van der Waals surface area contributed by atoms with Crippen LogP contribution in [-0.2, 0) is 6.42 Å². The van der Waals surface area contributed by atoms with Crippen LogP contribution in [0.2, 0.25) is 0 Å². The summed E-state index contributed by atoms with van der Waals surface area (Å²) in [5.41, 5.74) is 0.113. The van der Waals surface area contributed by atoms with E-state index in [1.807, 2.05) is 5.38 Å². The summed E-state index contributed by atoms with van der Waals surface area (Å²) in [6.45, 7) is 0. The molecule has 0 bridgehead atoms. The number of rotatable bonds is 3. The Hall–Kier alpha value is -1.27. The van der Waals surface area contributed by atoms with Gasteiger partial charge in [0.2, 0.25) is 0 Å². The Balaban J connectivity index is 2.14. The number of hydrogen-bond donors (Lipinski definition) is 1. The van der Waals surface area contributed by atoms with Gasteiger partial charge in [-0.1, -0.05) is 0 Å². The van der Waals surface area contributed by atoms with E-state index < -0.39 is 5.97 Å². The van der Waals surface area contributed by atoms with Crippen molar-refractivity contribution in [2.45, 2.75) is 6.42 Å². The molecular formula is C8H6N2O2S2. The summed E-state index contributed by atoms with van der Waals surface area (Å²) in [5, 5.41) is 13.8. The van der Waals surface area contributed by atoms with Gasteiger partial charge in [-0.05, 0) is 0 Å². The number of carbonyl (C=O) groups is 1. The van der Waals surface area contributed by atoms with E-state index in [2.05, 4.69) is 9.97 Å². The molecule has 0 radical (unpaired) electrons. The van der Waals surface area contributed by atoms with Crippen LogP contribution in [0.5, 0.6) is 0 Å². The zero-order chi connectivity index (χ0) is 9.97. The van der Waals surface area contributed by atoms with Gasteiger partial charge in [0.15, 0.2) is 5.69 Å². The molecule has 0 amide bonds. The van der Waals surface area contributed by atoms with Gasteiger partial charge in [0, 0.05) is 17.0 Å². The van der Waals surface area contributed by atoms with Gasteiger partial charge < -0.3 is 5.11 Å². The van der Waals surface area contributed by atoms with Crippen LogP contribution in [0.3, 0.4) is 0 Å². The van der Waals surface area contributed by atoms with Crippen molar-refractivity contribution in [2.75, 3.05) is 0 Å². The standard InChI is InChI=1S/C8H6N2O2S2/c11-8(12)5-4-14-7(10-5)3-6-9-1-2-13-6/h1-2,4H,3H2,(H,11,12). The largest absolute Gasteiger partial charge is 0.476 e. The number of carboxylic acids is 1. The minimum Gasteiger partial charge on any atom is -0.476 e. The lowest BCUT2D eigenvalue weighted by molar-refractivity contribution is 0.0691. The van der Waals surface area contributed by atoms with Crippen molar-refractivity contribution in [1.82, 2.24) is 9.97 Å². The molecule has 72 valence electrons. The number of thiazole rings is 2. The van der Waals surface area contributed by atoms with Crippen molar-refractivity contribution in [3.63, 3.8) is 0 Å². The van der Waals surface area contributed by atoms with Gasteiger partial charge in [0.25, 0.3) is 0 Å². The van der Waals surface area contributed by atoms with E-state index in [9.17, 15) is 4.79 Å². The van der Waals surface area contributed by atoms with Crippen LogP contribution < -0.4 is 0 Å². The van der Waals surface area contributed by atoms with Crippen LogP contribution in [0.15, 0.2) is 17.0 Å². The second-order valence-corrected chi connectivity index (χ2v) is 4.46. The summed E-state index contributed by atoms with van der Waals surface area (Å²) in [4.78, 5) is 18.6. The molecule has 0 aliphatic heterocycles. The predicted molar refractivity (Wildman–Crippen MR) is 54.0 cm³/mol. The molecule has 14 heavy (non-hydrogen) atoms. The van der Waals surface area contributed by atoms with Crippen molar-refractivity contribution in [2.24, 2.45) is 0 Å². The molecule has 2 aromatic rings. The Kier molecular flexibility index (Phi) is 2.55. The van der Waals surface area contributed by atoms with Crippen molar-refractivity contribution in [3.05, 3.63) is 32.7 Å². The number of carboxylic acid groups (broad SMARTS) is 1. The molecule has 0 spiro atoms. The van der Waals surface area contributed by atoms with Gasteiger partial charge in [0.1, 0.15) is 5.01 Å². The van der Waals surface area contributed by atoms with Crippen molar-refractivity contribution in [1.29, 1.82) is 0 Å². The third kappa shape index (κ3) is 1.97. The molecule has 0 fully saturated rings. The molecule has 0 aromatic carbocycles. The molecule has 0 atom stereocenters. The Labute approximate surface area is 87.9 Å². The fraction of sp³-hybridized carbons (Fsp3) is 0.125. The van der Waals surface area contributed by atoms with Gasteiger partial charge in [-0.3, -0.25) is 0 Å². The maximum atomic E-state index is 10.5. The number of aromatic nitrogens is 2. The van der Waals surface area contributed by atoms with E-state index in [1.165, 1.54) is 11.3 Å². The lowest BCUT2D eigenvalue weighted by atomic mass is 10.4. The molecule has 4 nitrogen and oxygen atoms in total. The number of aromatic carboxylic acids is 1. The first-order valence-corrected chi connectivity index (χ1v) is 5.57. The van der Waals surface area contributed by atoms with Crippen molar-refractivity contribution in [3.8, 4) is 0 Å². The fourth-order valence-corrected chi connectivity index (χ4v) is 2.44. The van der Waals surface area contributed by atoms with Gasteiger partial charge >= 0.3 is 5.97 Å². The second kappa shape index (κ2) is 3.85. The first-order valence-electron chi connectivity index (χ1n) is 3.82. The Morgan fingerprint density at radius 1 is 1.43 bits per heavy atom. The van der Waals surface area contributed by atoms with E-state index in [1.54, 1.807) is 22.9 Å². The molecule has 0 unspecified atom stereocenters.